The van der Waals surface area contributed by atoms with Crippen LogP contribution in [0.1, 0.15) is 105 Å². The number of rotatable bonds is 11. The second-order valence-corrected chi connectivity index (χ2v) is 17.7. The van der Waals surface area contributed by atoms with Gasteiger partial charge < -0.3 is 44.6 Å². The minimum Gasteiger partial charge on any atom is -0.488 e. The maximum absolute atomic E-state index is 14.3. The number of carbonyl (C=O) groups excluding carboxylic acids is 4. The van der Waals surface area contributed by atoms with E-state index in [0.717, 1.165) is 107 Å². The van der Waals surface area contributed by atoms with Crippen LogP contribution < -0.4 is 20.1 Å². The number of H-pyrrole nitrogens is 2. The quantitative estimate of drug-likeness (QED) is 0.106. The van der Waals surface area contributed by atoms with Gasteiger partial charge in [0.05, 0.1) is 43.0 Å². The molecule has 1 saturated carbocycles. The van der Waals surface area contributed by atoms with Gasteiger partial charge in [-0.15, -0.1) is 0 Å². The van der Waals surface area contributed by atoms with E-state index in [1.54, 1.807) is 11.1 Å². The highest BCUT2D eigenvalue weighted by molar-refractivity contribution is 5.91. The third kappa shape index (κ3) is 7.46. The molecule has 4 aliphatic heterocycles. The lowest BCUT2D eigenvalue weighted by Gasteiger charge is -2.31. The number of amides is 4. The third-order valence-electron chi connectivity index (χ3n) is 13.4. The van der Waals surface area contributed by atoms with Crippen molar-refractivity contribution in [2.45, 2.75) is 96.2 Å². The van der Waals surface area contributed by atoms with Crippen LogP contribution in [0.4, 0.5) is 4.79 Å². The number of carbonyl (C=O) groups is 4. The van der Waals surface area contributed by atoms with E-state index in [0.29, 0.717) is 38.0 Å². The number of benzene rings is 3. The van der Waals surface area contributed by atoms with E-state index >= 15 is 0 Å². The van der Waals surface area contributed by atoms with E-state index in [1.807, 2.05) is 67.4 Å². The predicted octanol–water partition coefficient (Wildman–Crippen LogP) is 7.28. The fraction of sp³-hybridized carbons (Fsp3) is 0.417. The fourth-order valence-corrected chi connectivity index (χ4v) is 9.83. The molecule has 3 aromatic carbocycles. The molecule has 6 heterocycles. The first-order chi connectivity index (χ1) is 30.6. The minimum absolute atomic E-state index is 0.0335. The molecule has 2 saturated heterocycles. The van der Waals surface area contributed by atoms with Crippen LogP contribution in [0.3, 0.4) is 0 Å². The van der Waals surface area contributed by atoms with E-state index in [-0.39, 0.29) is 41.6 Å². The highest BCUT2D eigenvalue weighted by Gasteiger charge is 2.40. The molecule has 5 aromatic rings. The molecule has 15 heteroatoms. The largest absolute Gasteiger partial charge is 0.488 e. The van der Waals surface area contributed by atoms with E-state index in [9.17, 15) is 19.2 Å². The molecule has 10 rings (SSSR count). The Bertz CT molecular complexity index is 2530. The van der Waals surface area contributed by atoms with Crippen molar-refractivity contribution in [1.82, 2.24) is 40.4 Å². The molecule has 0 spiro atoms. The van der Waals surface area contributed by atoms with Gasteiger partial charge in [0.1, 0.15) is 48.4 Å². The van der Waals surface area contributed by atoms with E-state index < -0.39 is 18.2 Å². The van der Waals surface area contributed by atoms with Gasteiger partial charge in [0.2, 0.25) is 17.7 Å². The van der Waals surface area contributed by atoms with E-state index in [2.05, 4.69) is 32.7 Å². The first-order valence-electron chi connectivity index (χ1n) is 22.2. The monoisotopic (exact) mass is 852 g/mol. The fourth-order valence-electron chi connectivity index (χ4n) is 9.83. The summed E-state index contributed by atoms with van der Waals surface area (Å²) in [5.41, 5.74) is 8.23. The molecule has 326 valence electrons. The highest BCUT2D eigenvalue weighted by atomic mass is 16.5. The van der Waals surface area contributed by atoms with Gasteiger partial charge in [0, 0.05) is 52.4 Å². The number of ether oxygens (including phenoxy) is 3. The summed E-state index contributed by atoms with van der Waals surface area (Å²) in [6.07, 6.45) is 8.92. The topological polar surface area (TPSA) is 184 Å². The second-order valence-electron chi connectivity index (χ2n) is 17.7. The molecular formula is C48H52N8O7. The molecule has 4 amide bonds. The zero-order valence-corrected chi connectivity index (χ0v) is 35.7. The number of nitrogens with zero attached hydrogens (tertiary/aromatic N) is 4. The summed E-state index contributed by atoms with van der Waals surface area (Å²) in [4.78, 5) is 73.4. The lowest BCUT2D eigenvalue weighted by atomic mass is 9.84. The summed E-state index contributed by atoms with van der Waals surface area (Å²) in [6.45, 7) is 5.64. The summed E-state index contributed by atoms with van der Waals surface area (Å²) in [5.74, 6) is 2.44. The third-order valence-corrected chi connectivity index (χ3v) is 13.4. The molecular weight excluding hydrogens is 801 g/mol. The van der Waals surface area contributed by atoms with Crippen molar-refractivity contribution in [3.8, 4) is 45.1 Å². The van der Waals surface area contributed by atoms with Gasteiger partial charge in [-0.25, -0.2) is 14.8 Å². The van der Waals surface area contributed by atoms with Crippen LogP contribution >= 0.6 is 0 Å². The predicted molar refractivity (Wildman–Crippen MR) is 232 cm³/mol. The van der Waals surface area contributed by atoms with Gasteiger partial charge in [0.15, 0.2) is 0 Å². The number of aromatic amines is 2. The molecule has 1 aliphatic carbocycles. The lowest BCUT2D eigenvalue weighted by Crippen LogP contribution is -2.51. The van der Waals surface area contributed by atoms with E-state index in [1.165, 1.54) is 7.11 Å². The Balaban J connectivity index is 0.872. The number of nitrogens with one attached hydrogen (secondary N) is 4. The molecule has 15 nitrogen and oxygen atoms in total. The van der Waals surface area contributed by atoms with Crippen molar-refractivity contribution in [2.24, 2.45) is 11.8 Å². The van der Waals surface area contributed by atoms with Gasteiger partial charge in [-0.1, -0.05) is 50.6 Å². The van der Waals surface area contributed by atoms with Crippen LogP contribution in [0, 0.1) is 11.8 Å². The average molecular weight is 853 g/mol. The number of hydrogen-bond acceptors (Lipinski definition) is 9. The van der Waals surface area contributed by atoms with Gasteiger partial charge in [0.25, 0.3) is 0 Å². The zero-order valence-electron chi connectivity index (χ0n) is 35.7. The van der Waals surface area contributed by atoms with Crippen molar-refractivity contribution in [1.29, 1.82) is 0 Å². The van der Waals surface area contributed by atoms with Crippen molar-refractivity contribution in [3.05, 3.63) is 95.3 Å². The summed E-state index contributed by atoms with van der Waals surface area (Å²) >= 11 is 0. The highest BCUT2D eigenvalue weighted by Crippen LogP contribution is 2.51. The van der Waals surface area contributed by atoms with Gasteiger partial charge in [-0.2, -0.15) is 0 Å². The zero-order chi connectivity index (χ0) is 43.4. The Morgan fingerprint density at radius 3 is 1.79 bits per heavy atom. The van der Waals surface area contributed by atoms with Crippen LogP contribution in [0.5, 0.6) is 11.5 Å². The maximum Gasteiger partial charge on any atom is 0.407 e. The molecule has 1 unspecified atom stereocenters. The maximum atomic E-state index is 14.3. The number of imidazole rings is 2. The van der Waals surface area contributed by atoms with Crippen LogP contribution in [0.25, 0.3) is 33.6 Å². The Morgan fingerprint density at radius 1 is 0.730 bits per heavy atom. The Morgan fingerprint density at radius 2 is 1.29 bits per heavy atom. The molecule has 0 bridgehead atoms. The van der Waals surface area contributed by atoms with E-state index in [4.69, 9.17) is 24.2 Å². The van der Waals surface area contributed by atoms with Crippen molar-refractivity contribution < 1.29 is 33.4 Å². The van der Waals surface area contributed by atoms with Crippen molar-refractivity contribution >= 4 is 23.8 Å². The first-order valence-corrected chi connectivity index (χ1v) is 22.2. The van der Waals surface area contributed by atoms with Crippen LogP contribution in [-0.2, 0) is 32.3 Å². The Kier molecular flexibility index (Phi) is 10.6. The molecule has 4 atom stereocenters. The van der Waals surface area contributed by atoms with Crippen LogP contribution in [0.2, 0.25) is 0 Å². The lowest BCUT2D eigenvalue weighted by molar-refractivity contribution is -0.139. The normalized spacial score (nSPS) is 19.7. The molecule has 5 aliphatic rings. The summed E-state index contributed by atoms with van der Waals surface area (Å²) in [7, 11) is 1.29. The van der Waals surface area contributed by atoms with Gasteiger partial charge in [-0.05, 0) is 74.3 Å². The summed E-state index contributed by atoms with van der Waals surface area (Å²) < 4.78 is 17.7. The minimum atomic E-state index is -0.761. The van der Waals surface area contributed by atoms with Crippen molar-refractivity contribution in [3.63, 3.8) is 0 Å². The summed E-state index contributed by atoms with van der Waals surface area (Å²) in [5, 5.41) is 5.80. The van der Waals surface area contributed by atoms with Crippen LogP contribution in [0.15, 0.2) is 67.0 Å². The first kappa shape index (κ1) is 40.4. The smallest absolute Gasteiger partial charge is 0.407 e. The molecule has 2 aromatic heterocycles. The summed E-state index contributed by atoms with van der Waals surface area (Å²) in [6, 6.07) is 15.8. The van der Waals surface area contributed by atoms with Gasteiger partial charge in [-0.3, -0.25) is 14.4 Å². The second kappa shape index (κ2) is 16.6. The molecule has 0 radical (unpaired) electrons. The molecule has 4 N–H and O–H groups in total. The Labute approximate surface area is 365 Å². The van der Waals surface area contributed by atoms with Gasteiger partial charge >= 0.3 is 6.09 Å². The number of hydrogen-bond donors (Lipinski definition) is 4. The van der Waals surface area contributed by atoms with Crippen molar-refractivity contribution in [2.75, 3.05) is 20.2 Å². The number of likely N-dealkylation sites (tertiary alicyclic amines) is 2. The number of alkyl carbamates (subject to hydrolysis) is 1. The molecule has 3 fully saturated rings. The van der Waals surface area contributed by atoms with Crippen LogP contribution in [-0.4, -0.2) is 79.8 Å². The Hall–Kier alpha value is -6.64. The number of aromatic nitrogens is 4. The molecule has 63 heavy (non-hydrogen) atoms. The average Bonchev–Trinajstić information content (AvgIpc) is 4.12. The standard InChI is InChI=1S/C48H52N8O7/c1-26(2)41(54-48(60)61-3)46(58)55-16-8-14-35(55)43-49-22-33(51-43)29-18-31-24-63-38-21-30(19-32-25-62-37(20-29)39(31)40(32)38)34-23-50-44(52-34)36-15-9-17-56(36)47(59)42(27-10-5-4-6-11-27)53-45(57)28-12-7-13-28/h4-6,10-11,18-23,26,28,35-36,41-42H,7-9,12-17,24-25H2,1-3H3,(H,49,51)(H,50,52)(H,53,57)(H,54,60)/t35-,36-,41?,42+/m0/s1. The SMILES string of the molecule is COC(=O)NC(C(=O)N1CCC[C@H]1c1ncc(-c2cc3c4c(c2)OCc2cc(-c5cnc([C@@H]6CCCN6C(=O)[C@H](NC(=O)C6CCC6)c6ccccc6)[nH]5)cc(c2-4)OC3)[nH]1)C(C)C. The number of methoxy groups -OCH3 is 1.